The van der Waals surface area contributed by atoms with Crippen molar-refractivity contribution in [3.8, 4) is 6.07 Å². The quantitative estimate of drug-likeness (QED) is 0.849. The van der Waals surface area contributed by atoms with E-state index in [1.165, 1.54) is 12.1 Å². The van der Waals surface area contributed by atoms with Gasteiger partial charge in [-0.15, -0.1) is 0 Å². The molecule has 0 saturated carbocycles. The second-order valence-electron chi connectivity index (χ2n) is 4.41. The van der Waals surface area contributed by atoms with Gasteiger partial charge in [0.05, 0.1) is 11.3 Å². The van der Waals surface area contributed by atoms with Gasteiger partial charge in [0.25, 0.3) is 0 Å². The number of nitrogens with zero attached hydrogens (tertiary/aromatic N) is 1. The molecule has 1 rings (SSSR count). The third-order valence-electron chi connectivity index (χ3n) is 3.08. The van der Waals surface area contributed by atoms with E-state index in [-0.39, 0.29) is 17.9 Å². The number of nitrogens with one attached hydrogen (secondary N) is 1. The van der Waals surface area contributed by atoms with Crippen LogP contribution in [-0.4, -0.2) is 17.3 Å². The standard InChI is InChI=1S/C13H16F2N2O/c1-3-13(2,6-7-18)17-10-5-4-9(8-16)11(14)12(10)15/h4-5,17-18H,3,6-7H2,1-2H3. The summed E-state index contributed by atoms with van der Waals surface area (Å²) in [4.78, 5) is 0. The molecule has 0 bridgehead atoms. The summed E-state index contributed by atoms with van der Waals surface area (Å²) in [5, 5.41) is 20.4. The number of hydrogen-bond acceptors (Lipinski definition) is 3. The van der Waals surface area contributed by atoms with E-state index in [4.69, 9.17) is 10.4 Å². The smallest absolute Gasteiger partial charge is 0.183 e. The Labute approximate surface area is 105 Å². The van der Waals surface area contributed by atoms with Crippen LogP contribution in [0.15, 0.2) is 12.1 Å². The first-order chi connectivity index (χ1) is 8.47. The van der Waals surface area contributed by atoms with Gasteiger partial charge in [0, 0.05) is 12.1 Å². The minimum absolute atomic E-state index is 0.00398. The molecule has 0 amide bonds. The van der Waals surface area contributed by atoms with Crippen molar-refractivity contribution in [1.29, 1.82) is 5.26 Å². The molecule has 0 spiro atoms. The van der Waals surface area contributed by atoms with Gasteiger partial charge < -0.3 is 10.4 Å². The molecule has 0 fully saturated rings. The molecule has 0 aromatic heterocycles. The summed E-state index contributed by atoms with van der Waals surface area (Å²) in [6.07, 6.45) is 1.07. The van der Waals surface area contributed by atoms with Gasteiger partial charge >= 0.3 is 0 Å². The maximum Gasteiger partial charge on any atom is 0.183 e. The van der Waals surface area contributed by atoms with Crippen LogP contribution in [0.25, 0.3) is 0 Å². The molecule has 1 aromatic carbocycles. The SMILES string of the molecule is CCC(C)(CCO)Nc1ccc(C#N)c(F)c1F. The summed E-state index contributed by atoms with van der Waals surface area (Å²) >= 11 is 0. The lowest BCUT2D eigenvalue weighted by atomic mass is 9.94. The summed E-state index contributed by atoms with van der Waals surface area (Å²) < 4.78 is 27.1. The number of aliphatic hydroxyl groups is 1. The Bertz CT molecular complexity index is 471. The fourth-order valence-electron chi connectivity index (χ4n) is 1.63. The van der Waals surface area contributed by atoms with Gasteiger partial charge in [-0.1, -0.05) is 6.92 Å². The van der Waals surface area contributed by atoms with Crippen molar-refractivity contribution in [3.63, 3.8) is 0 Å². The molecule has 2 N–H and O–H groups in total. The first-order valence-corrected chi connectivity index (χ1v) is 5.74. The molecule has 0 radical (unpaired) electrons. The predicted octanol–water partition coefficient (Wildman–Crippen LogP) is 2.80. The van der Waals surface area contributed by atoms with Crippen LogP contribution in [-0.2, 0) is 0 Å². The van der Waals surface area contributed by atoms with Gasteiger partial charge in [0.15, 0.2) is 11.6 Å². The molecule has 0 saturated heterocycles. The third-order valence-corrected chi connectivity index (χ3v) is 3.08. The Morgan fingerprint density at radius 1 is 1.39 bits per heavy atom. The average Bonchev–Trinajstić information content (AvgIpc) is 2.36. The lowest BCUT2D eigenvalue weighted by Crippen LogP contribution is -2.35. The number of hydrogen-bond donors (Lipinski definition) is 2. The van der Waals surface area contributed by atoms with Crippen LogP contribution in [0.3, 0.4) is 0 Å². The first kappa shape index (κ1) is 14.4. The van der Waals surface area contributed by atoms with Crippen LogP contribution in [0, 0.1) is 23.0 Å². The van der Waals surface area contributed by atoms with E-state index >= 15 is 0 Å². The topological polar surface area (TPSA) is 56.0 Å². The number of anilines is 1. The zero-order valence-electron chi connectivity index (χ0n) is 10.4. The fraction of sp³-hybridized carbons (Fsp3) is 0.462. The van der Waals surface area contributed by atoms with Gasteiger partial charge in [0.1, 0.15) is 6.07 Å². The van der Waals surface area contributed by atoms with E-state index < -0.39 is 17.2 Å². The summed E-state index contributed by atoms with van der Waals surface area (Å²) in [6.45, 7) is 3.66. The molecule has 5 heteroatoms. The van der Waals surface area contributed by atoms with E-state index in [1.54, 1.807) is 6.07 Å². The van der Waals surface area contributed by atoms with Crippen molar-refractivity contribution in [3.05, 3.63) is 29.3 Å². The maximum absolute atomic E-state index is 13.7. The molecule has 1 unspecified atom stereocenters. The van der Waals surface area contributed by atoms with Crippen LogP contribution in [0.5, 0.6) is 0 Å². The van der Waals surface area contributed by atoms with Gasteiger partial charge in [-0.05, 0) is 31.9 Å². The molecule has 0 aliphatic carbocycles. The number of nitriles is 1. The van der Waals surface area contributed by atoms with Crippen molar-refractivity contribution in [1.82, 2.24) is 0 Å². The zero-order chi connectivity index (χ0) is 13.8. The van der Waals surface area contributed by atoms with Crippen LogP contribution in [0.1, 0.15) is 32.3 Å². The largest absolute Gasteiger partial charge is 0.396 e. The minimum atomic E-state index is -1.15. The molecule has 1 aromatic rings. The van der Waals surface area contributed by atoms with Crippen LogP contribution in [0.2, 0.25) is 0 Å². The Hall–Kier alpha value is -1.67. The van der Waals surface area contributed by atoms with Crippen LogP contribution < -0.4 is 5.32 Å². The molecule has 3 nitrogen and oxygen atoms in total. The normalized spacial score (nSPS) is 13.8. The second-order valence-corrected chi connectivity index (χ2v) is 4.41. The van der Waals surface area contributed by atoms with Crippen LogP contribution in [0.4, 0.5) is 14.5 Å². The summed E-state index contributed by atoms with van der Waals surface area (Å²) in [6, 6.07) is 4.15. The summed E-state index contributed by atoms with van der Waals surface area (Å²) in [5.41, 5.74) is -0.835. The summed E-state index contributed by atoms with van der Waals surface area (Å²) in [5.74, 6) is -2.21. The highest BCUT2D eigenvalue weighted by Crippen LogP contribution is 2.26. The number of halogens is 2. The molecule has 0 aliphatic heterocycles. The molecule has 1 atom stereocenters. The van der Waals surface area contributed by atoms with Gasteiger partial charge in [-0.2, -0.15) is 5.26 Å². The van der Waals surface area contributed by atoms with E-state index in [1.807, 2.05) is 13.8 Å². The van der Waals surface area contributed by atoms with Crippen molar-refractivity contribution in [2.45, 2.75) is 32.2 Å². The lowest BCUT2D eigenvalue weighted by Gasteiger charge is -2.30. The number of benzene rings is 1. The maximum atomic E-state index is 13.7. The monoisotopic (exact) mass is 254 g/mol. The Morgan fingerprint density at radius 2 is 2.06 bits per heavy atom. The zero-order valence-corrected chi connectivity index (χ0v) is 10.4. The third kappa shape index (κ3) is 2.96. The highest BCUT2D eigenvalue weighted by atomic mass is 19.2. The highest BCUT2D eigenvalue weighted by Gasteiger charge is 2.24. The Balaban J connectivity index is 3.06. The van der Waals surface area contributed by atoms with Crippen molar-refractivity contribution in [2.75, 3.05) is 11.9 Å². The van der Waals surface area contributed by atoms with Gasteiger partial charge in [0.2, 0.25) is 0 Å². The molecule has 18 heavy (non-hydrogen) atoms. The predicted molar refractivity (Wildman–Crippen MR) is 65.1 cm³/mol. The van der Waals surface area contributed by atoms with Crippen molar-refractivity contribution >= 4 is 5.69 Å². The Morgan fingerprint density at radius 3 is 2.56 bits per heavy atom. The lowest BCUT2D eigenvalue weighted by molar-refractivity contribution is 0.251. The molecular weight excluding hydrogens is 238 g/mol. The average molecular weight is 254 g/mol. The van der Waals surface area contributed by atoms with Gasteiger partial charge in [-0.3, -0.25) is 0 Å². The van der Waals surface area contributed by atoms with Crippen molar-refractivity contribution < 1.29 is 13.9 Å². The fourth-order valence-corrected chi connectivity index (χ4v) is 1.63. The number of aliphatic hydroxyl groups excluding tert-OH is 1. The van der Waals surface area contributed by atoms with E-state index in [9.17, 15) is 8.78 Å². The van der Waals surface area contributed by atoms with Gasteiger partial charge in [-0.25, -0.2) is 8.78 Å². The van der Waals surface area contributed by atoms with E-state index in [0.717, 1.165) is 0 Å². The number of rotatable bonds is 5. The molecule has 98 valence electrons. The molecule has 0 heterocycles. The summed E-state index contributed by atoms with van der Waals surface area (Å²) in [7, 11) is 0. The Kier molecular flexibility index (Phi) is 4.62. The highest BCUT2D eigenvalue weighted by molar-refractivity contribution is 5.51. The second kappa shape index (κ2) is 5.78. The van der Waals surface area contributed by atoms with Crippen LogP contribution >= 0.6 is 0 Å². The molecule has 0 aliphatic rings. The molecular formula is C13H16F2N2O. The van der Waals surface area contributed by atoms with Crippen molar-refractivity contribution in [2.24, 2.45) is 0 Å². The first-order valence-electron chi connectivity index (χ1n) is 5.74. The minimum Gasteiger partial charge on any atom is -0.396 e. The van der Waals surface area contributed by atoms with E-state index in [2.05, 4.69) is 5.32 Å². The van der Waals surface area contributed by atoms with E-state index in [0.29, 0.717) is 12.8 Å².